The van der Waals surface area contributed by atoms with Crippen molar-refractivity contribution in [3.8, 4) is 0 Å². The zero-order valence-electron chi connectivity index (χ0n) is 14.2. The lowest BCUT2D eigenvalue weighted by molar-refractivity contribution is -0.110. The van der Waals surface area contributed by atoms with Crippen molar-refractivity contribution in [3.63, 3.8) is 0 Å². The summed E-state index contributed by atoms with van der Waals surface area (Å²) in [5, 5.41) is 3.46. The normalized spacial score (nSPS) is 27.4. The van der Waals surface area contributed by atoms with E-state index in [0.717, 1.165) is 31.0 Å². The lowest BCUT2D eigenvalue weighted by atomic mass is 9.97. The van der Waals surface area contributed by atoms with Crippen LogP contribution in [0.5, 0.6) is 0 Å². The highest BCUT2D eigenvalue weighted by atomic mass is 16.1. The third-order valence-electron chi connectivity index (χ3n) is 4.77. The zero-order chi connectivity index (χ0) is 15.9. The third-order valence-corrected chi connectivity index (χ3v) is 4.77. The molecule has 2 aliphatic rings. The second kappa shape index (κ2) is 8.44. The van der Waals surface area contributed by atoms with Gasteiger partial charge < -0.3 is 10.1 Å². The van der Waals surface area contributed by atoms with E-state index in [2.05, 4.69) is 47.6 Å². The molecule has 2 unspecified atom stereocenters. The van der Waals surface area contributed by atoms with Crippen molar-refractivity contribution in [2.45, 2.75) is 64.2 Å². The van der Waals surface area contributed by atoms with Crippen molar-refractivity contribution in [3.05, 3.63) is 35.9 Å². The number of benzene rings is 1. The molecule has 2 aliphatic heterocycles. The molecule has 0 spiro atoms. The lowest BCUT2D eigenvalue weighted by Gasteiger charge is -2.39. The van der Waals surface area contributed by atoms with E-state index in [-0.39, 0.29) is 5.92 Å². The van der Waals surface area contributed by atoms with E-state index in [9.17, 15) is 4.79 Å². The second-order valence-electron chi connectivity index (χ2n) is 6.88. The number of fused-ring (bicyclic) bond motifs is 2. The molecule has 3 rings (SSSR count). The van der Waals surface area contributed by atoms with E-state index >= 15 is 0 Å². The van der Waals surface area contributed by atoms with Gasteiger partial charge in [-0.2, -0.15) is 0 Å². The van der Waals surface area contributed by atoms with Crippen LogP contribution in [0.1, 0.15) is 45.1 Å². The van der Waals surface area contributed by atoms with E-state index in [1.807, 2.05) is 13.8 Å². The summed E-state index contributed by atoms with van der Waals surface area (Å²) in [6.45, 7) is 4.85. The number of nitrogens with zero attached hydrogens (tertiary/aromatic N) is 1. The number of hydrogen-bond acceptors (Lipinski definition) is 3. The Labute approximate surface area is 135 Å². The molecular formula is C19H30N2O. The van der Waals surface area contributed by atoms with Gasteiger partial charge >= 0.3 is 0 Å². The SMILES string of the molecule is CC(C)C=O.CNC1CC2CCC(C1)N2Cc1ccccc1. The minimum Gasteiger partial charge on any atom is -0.317 e. The zero-order valence-corrected chi connectivity index (χ0v) is 14.2. The van der Waals surface area contributed by atoms with Crippen molar-refractivity contribution < 1.29 is 4.79 Å². The fourth-order valence-corrected chi connectivity index (χ4v) is 3.56. The average Bonchev–Trinajstić information content (AvgIpc) is 2.78. The van der Waals surface area contributed by atoms with Gasteiger partial charge in [0.25, 0.3) is 0 Å². The van der Waals surface area contributed by atoms with Crippen LogP contribution in [0, 0.1) is 5.92 Å². The van der Waals surface area contributed by atoms with Crippen LogP contribution in [0.15, 0.2) is 30.3 Å². The first-order valence-electron chi connectivity index (χ1n) is 8.56. The van der Waals surface area contributed by atoms with Crippen LogP contribution in [0.3, 0.4) is 0 Å². The minimum absolute atomic E-state index is 0.204. The minimum atomic E-state index is 0.204. The van der Waals surface area contributed by atoms with Gasteiger partial charge in [0.15, 0.2) is 0 Å². The molecule has 2 fully saturated rings. The molecule has 0 radical (unpaired) electrons. The molecule has 2 heterocycles. The largest absolute Gasteiger partial charge is 0.317 e. The van der Waals surface area contributed by atoms with Crippen LogP contribution < -0.4 is 5.32 Å². The molecule has 2 atom stereocenters. The van der Waals surface area contributed by atoms with Gasteiger partial charge in [-0.3, -0.25) is 4.90 Å². The number of rotatable bonds is 4. The first kappa shape index (κ1) is 17.2. The van der Waals surface area contributed by atoms with Gasteiger partial charge in [-0.25, -0.2) is 0 Å². The van der Waals surface area contributed by atoms with Gasteiger partial charge in [-0.1, -0.05) is 44.2 Å². The maximum absolute atomic E-state index is 9.50. The van der Waals surface area contributed by atoms with Crippen molar-refractivity contribution in [1.82, 2.24) is 10.2 Å². The highest BCUT2D eigenvalue weighted by molar-refractivity contribution is 5.51. The predicted molar refractivity (Wildman–Crippen MR) is 91.8 cm³/mol. The Morgan fingerprint density at radius 1 is 1.18 bits per heavy atom. The highest BCUT2D eigenvalue weighted by Crippen LogP contribution is 2.36. The van der Waals surface area contributed by atoms with E-state index in [0.29, 0.717) is 0 Å². The predicted octanol–water partition coefficient (Wildman–Crippen LogP) is 3.24. The molecule has 22 heavy (non-hydrogen) atoms. The Balaban J connectivity index is 0.000000309. The standard InChI is InChI=1S/C15H22N2.C4H8O/c1-16-13-9-14-7-8-15(10-13)17(14)11-12-5-3-2-4-6-12;1-4(2)3-5/h2-6,13-16H,7-11H2,1H3;3-4H,1-2H3. The molecule has 1 N–H and O–H groups in total. The summed E-state index contributed by atoms with van der Waals surface area (Å²) in [7, 11) is 2.11. The van der Waals surface area contributed by atoms with E-state index < -0.39 is 0 Å². The Kier molecular flexibility index (Phi) is 6.59. The second-order valence-corrected chi connectivity index (χ2v) is 6.88. The average molecular weight is 302 g/mol. The summed E-state index contributed by atoms with van der Waals surface area (Å²) in [6.07, 6.45) is 6.38. The topological polar surface area (TPSA) is 32.3 Å². The third kappa shape index (κ3) is 4.65. The van der Waals surface area contributed by atoms with E-state index in [1.165, 1.54) is 31.2 Å². The van der Waals surface area contributed by atoms with Crippen LogP contribution in [-0.4, -0.2) is 36.4 Å². The monoisotopic (exact) mass is 302 g/mol. The Bertz CT molecular complexity index is 432. The number of piperidine rings is 1. The van der Waals surface area contributed by atoms with Gasteiger partial charge in [0, 0.05) is 30.6 Å². The summed E-state index contributed by atoms with van der Waals surface area (Å²) in [6, 6.07) is 13.3. The number of hydrogen-bond donors (Lipinski definition) is 1. The molecule has 3 heteroatoms. The van der Waals surface area contributed by atoms with E-state index in [1.54, 1.807) is 0 Å². The molecule has 0 amide bonds. The van der Waals surface area contributed by atoms with Gasteiger partial charge in [0.1, 0.15) is 6.29 Å². The molecule has 0 aliphatic carbocycles. The summed E-state index contributed by atoms with van der Waals surface area (Å²) in [5.74, 6) is 0.204. The number of aldehydes is 1. The van der Waals surface area contributed by atoms with Gasteiger partial charge in [-0.05, 0) is 38.3 Å². The summed E-state index contributed by atoms with van der Waals surface area (Å²) in [4.78, 5) is 12.2. The van der Waals surface area contributed by atoms with Crippen LogP contribution >= 0.6 is 0 Å². The maximum atomic E-state index is 9.50. The summed E-state index contributed by atoms with van der Waals surface area (Å²) >= 11 is 0. The quantitative estimate of drug-likeness (QED) is 0.867. The fraction of sp³-hybridized carbons (Fsp3) is 0.632. The van der Waals surface area contributed by atoms with Crippen molar-refractivity contribution in [2.24, 2.45) is 5.92 Å². The number of nitrogens with one attached hydrogen (secondary N) is 1. The van der Waals surface area contributed by atoms with Crippen molar-refractivity contribution in [2.75, 3.05) is 7.05 Å². The molecular weight excluding hydrogens is 272 g/mol. The van der Waals surface area contributed by atoms with Gasteiger partial charge in [0.05, 0.1) is 0 Å². The molecule has 2 saturated heterocycles. The van der Waals surface area contributed by atoms with Crippen LogP contribution in [0.4, 0.5) is 0 Å². The maximum Gasteiger partial charge on any atom is 0.122 e. The molecule has 0 saturated carbocycles. The van der Waals surface area contributed by atoms with Crippen LogP contribution in [0.25, 0.3) is 0 Å². The van der Waals surface area contributed by atoms with Crippen molar-refractivity contribution >= 4 is 6.29 Å². The Morgan fingerprint density at radius 3 is 2.18 bits per heavy atom. The Morgan fingerprint density at radius 2 is 1.73 bits per heavy atom. The summed E-state index contributed by atoms with van der Waals surface area (Å²) < 4.78 is 0. The molecule has 3 nitrogen and oxygen atoms in total. The Hall–Kier alpha value is -1.19. The van der Waals surface area contributed by atoms with E-state index in [4.69, 9.17) is 0 Å². The number of carbonyl (C=O) groups excluding carboxylic acids is 1. The van der Waals surface area contributed by atoms with Crippen molar-refractivity contribution in [1.29, 1.82) is 0 Å². The molecule has 1 aromatic rings. The van der Waals surface area contributed by atoms with Crippen LogP contribution in [-0.2, 0) is 11.3 Å². The molecule has 2 bridgehead atoms. The van der Waals surface area contributed by atoms with Gasteiger partial charge in [-0.15, -0.1) is 0 Å². The summed E-state index contributed by atoms with van der Waals surface area (Å²) in [5.41, 5.74) is 1.47. The molecule has 1 aromatic carbocycles. The molecule has 0 aromatic heterocycles. The van der Waals surface area contributed by atoms with Crippen LogP contribution in [0.2, 0.25) is 0 Å². The highest BCUT2D eigenvalue weighted by Gasteiger charge is 2.39. The molecule has 122 valence electrons. The fourth-order valence-electron chi connectivity index (χ4n) is 3.56. The lowest BCUT2D eigenvalue weighted by Crippen LogP contribution is -2.47. The van der Waals surface area contributed by atoms with Gasteiger partial charge in [0.2, 0.25) is 0 Å². The first-order valence-corrected chi connectivity index (χ1v) is 8.56. The number of carbonyl (C=O) groups is 1. The first-order chi connectivity index (χ1) is 10.6. The smallest absolute Gasteiger partial charge is 0.122 e.